The van der Waals surface area contributed by atoms with E-state index in [0.29, 0.717) is 5.92 Å². The highest BCUT2D eigenvalue weighted by Crippen LogP contribution is 2.20. The first-order chi connectivity index (χ1) is 10.4. The second kappa shape index (κ2) is 8.78. The van der Waals surface area contributed by atoms with Gasteiger partial charge in [0.1, 0.15) is 0 Å². The highest BCUT2D eigenvalue weighted by molar-refractivity contribution is 5.79. The molecule has 1 aromatic heterocycles. The molecule has 1 rings (SSSR count). The van der Waals surface area contributed by atoms with Crippen molar-refractivity contribution in [2.45, 2.75) is 40.3 Å². The number of aliphatic imine (C=N–C) groups is 1. The van der Waals surface area contributed by atoms with Crippen LogP contribution in [-0.2, 0) is 11.3 Å². The van der Waals surface area contributed by atoms with Gasteiger partial charge in [-0.05, 0) is 17.4 Å². The summed E-state index contributed by atoms with van der Waals surface area (Å²) < 4.78 is 7.50. The number of ether oxygens (including phenoxy) is 1. The molecule has 0 fully saturated rings. The van der Waals surface area contributed by atoms with Crippen LogP contribution in [0.25, 0.3) is 0 Å². The number of rotatable bonds is 7. The zero-order valence-corrected chi connectivity index (χ0v) is 14.8. The average molecular weight is 309 g/mol. The van der Waals surface area contributed by atoms with Crippen LogP contribution >= 0.6 is 0 Å². The third-order valence-corrected chi connectivity index (χ3v) is 3.60. The Hall–Kier alpha value is -1.56. The molecule has 2 atom stereocenters. The Kier molecular flexibility index (Phi) is 7.38. The summed E-state index contributed by atoms with van der Waals surface area (Å²) in [7, 11) is 3.53. The molecule has 126 valence electrons. The monoisotopic (exact) mass is 309 g/mol. The summed E-state index contributed by atoms with van der Waals surface area (Å²) in [5.41, 5.74) is 0.0913. The van der Waals surface area contributed by atoms with E-state index in [9.17, 15) is 0 Å². The van der Waals surface area contributed by atoms with Gasteiger partial charge >= 0.3 is 0 Å². The highest BCUT2D eigenvalue weighted by atomic mass is 16.5. The number of nitrogens with zero attached hydrogens (tertiary/aromatic N) is 3. The van der Waals surface area contributed by atoms with Gasteiger partial charge in [-0.3, -0.25) is 9.67 Å². The van der Waals surface area contributed by atoms with E-state index in [1.54, 1.807) is 20.4 Å². The summed E-state index contributed by atoms with van der Waals surface area (Å²) in [6.45, 7) is 11.2. The van der Waals surface area contributed by atoms with Crippen LogP contribution in [-0.4, -0.2) is 49.1 Å². The van der Waals surface area contributed by atoms with Crippen molar-refractivity contribution in [3.8, 4) is 0 Å². The Bertz CT molecular complexity index is 436. The Balaban J connectivity index is 2.36. The van der Waals surface area contributed by atoms with Gasteiger partial charge < -0.3 is 15.4 Å². The lowest BCUT2D eigenvalue weighted by atomic mass is 9.89. The molecule has 0 aliphatic heterocycles. The van der Waals surface area contributed by atoms with Crippen molar-refractivity contribution in [3.05, 3.63) is 18.5 Å². The molecule has 0 aromatic carbocycles. The Morgan fingerprint density at radius 2 is 2.00 bits per heavy atom. The minimum Gasteiger partial charge on any atom is -0.379 e. The molecule has 2 N–H and O–H groups in total. The molecule has 1 aromatic rings. The maximum absolute atomic E-state index is 5.55. The van der Waals surface area contributed by atoms with E-state index in [-0.39, 0.29) is 11.5 Å². The standard InChI is InChI=1S/C16H31N5O/c1-13(12-21-9-7-8-20-21)10-18-15(17-5)19-11-14(22-6)16(2,3)4/h7-9,13-14H,10-12H2,1-6H3,(H2,17,18,19). The quantitative estimate of drug-likeness (QED) is 0.595. The lowest BCUT2D eigenvalue weighted by molar-refractivity contribution is 0.0205. The number of hydrogen-bond acceptors (Lipinski definition) is 3. The first-order valence-electron chi connectivity index (χ1n) is 7.81. The van der Waals surface area contributed by atoms with E-state index in [4.69, 9.17) is 4.74 Å². The molecule has 22 heavy (non-hydrogen) atoms. The lowest BCUT2D eigenvalue weighted by Gasteiger charge is -2.30. The van der Waals surface area contributed by atoms with Gasteiger partial charge in [0.25, 0.3) is 0 Å². The predicted octanol–water partition coefficient (Wildman–Crippen LogP) is 1.75. The van der Waals surface area contributed by atoms with Crippen LogP contribution in [0.15, 0.2) is 23.5 Å². The van der Waals surface area contributed by atoms with Crippen molar-refractivity contribution in [1.29, 1.82) is 0 Å². The molecular weight excluding hydrogens is 278 g/mol. The van der Waals surface area contributed by atoms with Gasteiger partial charge in [0, 0.05) is 46.2 Å². The topological polar surface area (TPSA) is 63.5 Å². The third-order valence-electron chi connectivity index (χ3n) is 3.60. The number of hydrogen-bond donors (Lipinski definition) is 2. The first-order valence-corrected chi connectivity index (χ1v) is 7.81. The highest BCUT2D eigenvalue weighted by Gasteiger charge is 2.24. The van der Waals surface area contributed by atoms with E-state index in [1.165, 1.54) is 0 Å². The van der Waals surface area contributed by atoms with Crippen LogP contribution in [0.2, 0.25) is 0 Å². The Morgan fingerprint density at radius 1 is 1.32 bits per heavy atom. The van der Waals surface area contributed by atoms with Gasteiger partial charge in [-0.15, -0.1) is 0 Å². The molecule has 0 radical (unpaired) electrons. The average Bonchev–Trinajstić information content (AvgIpc) is 2.94. The molecule has 6 nitrogen and oxygen atoms in total. The van der Waals surface area contributed by atoms with Gasteiger partial charge in [-0.25, -0.2) is 0 Å². The second-order valence-electron chi connectivity index (χ2n) is 6.76. The van der Waals surface area contributed by atoms with Crippen LogP contribution in [0.3, 0.4) is 0 Å². The maximum atomic E-state index is 5.55. The fourth-order valence-corrected chi connectivity index (χ4v) is 2.22. The van der Waals surface area contributed by atoms with E-state index in [0.717, 1.165) is 25.6 Å². The van der Waals surface area contributed by atoms with Crippen LogP contribution in [0.4, 0.5) is 0 Å². The van der Waals surface area contributed by atoms with Crippen molar-refractivity contribution in [1.82, 2.24) is 20.4 Å². The summed E-state index contributed by atoms with van der Waals surface area (Å²) in [6.07, 6.45) is 3.92. The number of aromatic nitrogens is 2. The van der Waals surface area contributed by atoms with E-state index >= 15 is 0 Å². The summed E-state index contributed by atoms with van der Waals surface area (Å²) in [4.78, 5) is 4.26. The van der Waals surface area contributed by atoms with Crippen molar-refractivity contribution in [2.75, 3.05) is 27.2 Å². The number of methoxy groups -OCH3 is 1. The van der Waals surface area contributed by atoms with Crippen LogP contribution < -0.4 is 10.6 Å². The Morgan fingerprint density at radius 3 is 2.50 bits per heavy atom. The molecule has 0 spiro atoms. The van der Waals surface area contributed by atoms with Gasteiger partial charge in [-0.1, -0.05) is 27.7 Å². The summed E-state index contributed by atoms with van der Waals surface area (Å²) in [5, 5.41) is 10.9. The molecule has 0 saturated heterocycles. The van der Waals surface area contributed by atoms with Gasteiger partial charge in [-0.2, -0.15) is 5.10 Å². The van der Waals surface area contributed by atoms with Crippen molar-refractivity contribution < 1.29 is 4.74 Å². The van der Waals surface area contributed by atoms with Crippen LogP contribution in [0.1, 0.15) is 27.7 Å². The summed E-state index contributed by atoms with van der Waals surface area (Å²) in [5.74, 6) is 1.26. The minimum absolute atomic E-state index is 0.0913. The second-order valence-corrected chi connectivity index (χ2v) is 6.76. The minimum atomic E-state index is 0.0913. The number of guanidine groups is 1. The fraction of sp³-hybridized carbons (Fsp3) is 0.750. The lowest BCUT2D eigenvalue weighted by Crippen LogP contribution is -2.46. The first kappa shape index (κ1) is 18.5. The SMILES string of the molecule is CN=C(NCC(C)Cn1cccn1)NCC(OC)C(C)(C)C. The molecule has 0 bridgehead atoms. The normalized spacial score (nSPS) is 15.5. The molecule has 6 heteroatoms. The molecule has 0 aliphatic rings. The van der Waals surface area contributed by atoms with Gasteiger partial charge in [0.05, 0.1) is 6.10 Å². The zero-order chi connectivity index (χ0) is 16.6. The fourth-order valence-electron chi connectivity index (χ4n) is 2.22. The maximum Gasteiger partial charge on any atom is 0.191 e. The molecule has 0 amide bonds. The molecule has 0 saturated carbocycles. The zero-order valence-electron chi connectivity index (χ0n) is 14.8. The largest absolute Gasteiger partial charge is 0.379 e. The van der Waals surface area contributed by atoms with Crippen molar-refractivity contribution in [2.24, 2.45) is 16.3 Å². The smallest absolute Gasteiger partial charge is 0.191 e. The number of nitrogens with one attached hydrogen (secondary N) is 2. The van der Waals surface area contributed by atoms with Crippen LogP contribution in [0, 0.1) is 11.3 Å². The van der Waals surface area contributed by atoms with Crippen molar-refractivity contribution >= 4 is 5.96 Å². The van der Waals surface area contributed by atoms with Crippen LogP contribution in [0.5, 0.6) is 0 Å². The Labute approximate surface area is 134 Å². The summed E-state index contributed by atoms with van der Waals surface area (Å²) >= 11 is 0. The third kappa shape index (κ3) is 6.47. The van der Waals surface area contributed by atoms with E-state index in [2.05, 4.69) is 48.4 Å². The molecule has 0 aliphatic carbocycles. The van der Waals surface area contributed by atoms with Gasteiger partial charge in [0.2, 0.25) is 0 Å². The molecule has 2 unspecified atom stereocenters. The van der Waals surface area contributed by atoms with E-state index in [1.807, 2.05) is 16.9 Å². The van der Waals surface area contributed by atoms with Gasteiger partial charge in [0.15, 0.2) is 5.96 Å². The van der Waals surface area contributed by atoms with E-state index < -0.39 is 0 Å². The summed E-state index contributed by atoms with van der Waals surface area (Å²) in [6, 6.07) is 1.94. The van der Waals surface area contributed by atoms with Crippen molar-refractivity contribution in [3.63, 3.8) is 0 Å². The molecular formula is C16H31N5O. The predicted molar refractivity (Wildman–Crippen MR) is 91.0 cm³/mol. The molecule has 1 heterocycles.